The van der Waals surface area contributed by atoms with Crippen LogP contribution in [0.15, 0.2) is 12.4 Å². The van der Waals surface area contributed by atoms with Crippen molar-refractivity contribution in [2.75, 3.05) is 6.61 Å². The number of hydrogen-bond donors (Lipinski definition) is 1. The average molecular weight is 192 g/mol. The third-order valence-corrected chi connectivity index (χ3v) is 2.02. The molecule has 0 spiro atoms. The van der Waals surface area contributed by atoms with E-state index in [0.29, 0.717) is 0 Å². The molecule has 0 radical (unpaired) electrons. The Bertz CT molecular complexity index is 298. The van der Waals surface area contributed by atoms with E-state index in [4.69, 9.17) is 11.5 Å². The highest BCUT2D eigenvalue weighted by Gasteiger charge is 1.97. The van der Waals surface area contributed by atoms with Gasteiger partial charge in [0.2, 0.25) is 0 Å². The summed E-state index contributed by atoms with van der Waals surface area (Å²) in [4.78, 5) is 0. The highest BCUT2D eigenvalue weighted by atomic mass is 16.2. The second-order valence-electron chi connectivity index (χ2n) is 3.25. The highest BCUT2D eigenvalue weighted by molar-refractivity contribution is 5.03. The summed E-state index contributed by atoms with van der Waals surface area (Å²) < 4.78 is 1.91. The third kappa shape index (κ3) is 3.63. The molecule has 0 bridgehead atoms. The molecule has 0 aliphatic rings. The Kier molecular flexibility index (Phi) is 4.81. The van der Waals surface area contributed by atoms with E-state index in [9.17, 15) is 0 Å². The summed E-state index contributed by atoms with van der Waals surface area (Å²) in [5, 5.41) is 12.9. The van der Waals surface area contributed by atoms with E-state index in [1.807, 2.05) is 17.1 Å². The zero-order valence-corrected chi connectivity index (χ0v) is 8.32. The first-order chi connectivity index (χ1) is 6.86. The predicted molar refractivity (Wildman–Crippen MR) is 55.7 cm³/mol. The molecule has 0 aliphatic heterocycles. The minimum atomic E-state index is 0.238. The lowest BCUT2D eigenvalue weighted by molar-refractivity contribution is 0.288. The molecule has 0 aromatic carbocycles. The van der Waals surface area contributed by atoms with Gasteiger partial charge in [0.1, 0.15) is 0 Å². The van der Waals surface area contributed by atoms with Gasteiger partial charge in [-0.1, -0.05) is 0 Å². The van der Waals surface area contributed by atoms with Crippen LogP contribution in [0.2, 0.25) is 0 Å². The lowest BCUT2D eigenvalue weighted by Crippen LogP contribution is -1.97. The average Bonchev–Trinajstić information content (AvgIpc) is 2.63. The molecule has 0 saturated carbocycles. The van der Waals surface area contributed by atoms with Crippen molar-refractivity contribution in [3.63, 3.8) is 0 Å². The molecular formula is C11H16N2O. The molecule has 3 heteroatoms. The van der Waals surface area contributed by atoms with Crippen LogP contribution in [0.3, 0.4) is 0 Å². The number of hydrogen-bond acceptors (Lipinski definition) is 2. The van der Waals surface area contributed by atoms with Gasteiger partial charge in [0.25, 0.3) is 0 Å². The van der Waals surface area contributed by atoms with Crippen molar-refractivity contribution < 1.29 is 5.11 Å². The topological polar surface area (TPSA) is 38.0 Å². The van der Waals surface area contributed by atoms with Gasteiger partial charge >= 0.3 is 0 Å². The number of aromatic nitrogens is 2. The number of nitrogens with zero attached hydrogens (tertiary/aromatic N) is 2. The van der Waals surface area contributed by atoms with Crippen LogP contribution in [0.25, 0.3) is 0 Å². The highest BCUT2D eigenvalue weighted by Crippen LogP contribution is 2.02. The van der Waals surface area contributed by atoms with Crippen LogP contribution in [0.5, 0.6) is 0 Å². The van der Waals surface area contributed by atoms with Crippen LogP contribution in [-0.4, -0.2) is 21.5 Å². The standard InChI is InChI=1S/C11H16N2O/c1-2-3-4-7-13-10-11(9-12-13)6-5-8-14/h1,9-10,14H,3-8H2. The molecule has 0 fully saturated rings. The van der Waals surface area contributed by atoms with Crippen molar-refractivity contribution in [2.45, 2.75) is 32.2 Å². The predicted octanol–water partition coefficient (Wildman–Crippen LogP) is 1.22. The minimum absolute atomic E-state index is 0.238. The molecule has 76 valence electrons. The molecule has 0 saturated heterocycles. The van der Waals surface area contributed by atoms with Gasteiger partial charge in [-0.3, -0.25) is 4.68 Å². The molecular weight excluding hydrogens is 176 g/mol. The molecule has 0 unspecified atom stereocenters. The Morgan fingerprint density at radius 2 is 2.36 bits per heavy atom. The largest absolute Gasteiger partial charge is 0.396 e. The van der Waals surface area contributed by atoms with Crippen molar-refractivity contribution in [1.82, 2.24) is 9.78 Å². The maximum atomic E-state index is 8.66. The second kappa shape index (κ2) is 6.22. The molecule has 0 atom stereocenters. The SMILES string of the molecule is C#CCCCn1cc(CCCO)cn1. The number of terminal acetylenes is 1. The summed E-state index contributed by atoms with van der Waals surface area (Å²) in [6.07, 6.45) is 12.5. The van der Waals surface area contributed by atoms with Crippen LogP contribution in [0.4, 0.5) is 0 Å². The smallest absolute Gasteiger partial charge is 0.0521 e. The summed E-state index contributed by atoms with van der Waals surface area (Å²) in [5.74, 6) is 2.60. The van der Waals surface area contributed by atoms with E-state index < -0.39 is 0 Å². The number of unbranched alkanes of at least 4 members (excludes halogenated alkanes) is 1. The monoisotopic (exact) mass is 192 g/mol. The van der Waals surface area contributed by atoms with Crippen LogP contribution >= 0.6 is 0 Å². The van der Waals surface area contributed by atoms with Crippen molar-refractivity contribution in [1.29, 1.82) is 0 Å². The number of aliphatic hydroxyl groups excluding tert-OH is 1. The van der Waals surface area contributed by atoms with Gasteiger partial charge in [-0.25, -0.2) is 0 Å². The number of rotatable bonds is 6. The van der Waals surface area contributed by atoms with E-state index in [0.717, 1.165) is 32.2 Å². The fourth-order valence-corrected chi connectivity index (χ4v) is 1.28. The first-order valence-corrected chi connectivity index (χ1v) is 4.92. The Labute approximate surface area is 84.8 Å². The zero-order valence-electron chi connectivity index (χ0n) is 8.32. The van der Waals surface area contributed by atoms with Crippen LogP contribution in [0, 0.1) is 12.3 Å². The Morgan fingerprint density at radius 1 is 1.50 bits per heavy atom. The number of aryl methyl sites for hydroxylation is 2. The number of aliphatic hydroxyl groups is 1. The Hall–Kier alpha value is -1.27. The van der Waals surface area contributed by atoms with E-state index in [1.165, 1.54) is 5.56 Å². The van der Waals surface area contributed by atoms with Gasteiger partial charge in [-0.05, 0) is 24.8 Å². The maximum absolute atomic E-state index is 8.66. The van der Waals surface area contributed by atoms with Gasteiger partial charge in [-0.2, -0.15) is 5.10 Å². The van der Waals surface area contributed by atoms with Crippen LogP contribution in [0.1, 0.15) is 24.8 Å². The van der Waals surface area contributed by atoms with Gasteiger partial charge in [0.05, 0.1) is 6.20 Å². The molecule has 0 aliphatic carbocycles. The van der Waals surface area contributed by atoms with Crippen molar-refractivity contribution in [3.05, 3.63) is 18.0 Å². The molecule has 0 amide bonds. The first-order valence-electron chi connectivity index (χ1n) is 4.92. The van der Waals surface area contributed by atoms with Crippen molar-refractivity contribution in [3.8, 4) is 12.3 Å². The molecule has 1 aromatic heterocycles. The van der Waals surface area contributed by atoms with E-state index in [2.05, 4.69) is 11.0 Å². The fraction of sp³-hybridized carbons (Fsp3) is 0.545. The van der Waals surface area contributed by atoms with Crippen molar-refractivity contribution >= 4 is 0 Å². The molecule has 1 heterocycles. The first kappa shape index (κ1) is 10.8. The molecule has 1 N–H and O–H groups in total. The Morgan fingerprint density at radius 3 is 3.07 bits per heavy atom. The maximum Gasteiger partial charge on any atom is 0.0521 e. The summed E-state index contributed by atoms with van der Waals surface area (Å²) >= 11 is 0. The summed E-state index contributed by atoms with van der Waals surface area (Å²) in [7, 11) is 0. The molecule has 14 heavy (non-hydrogen) atoms. The van der Waals surface area contributed by atoms with Gasteiger partial charge < -0.3 is 5.11 Å². The fourth-order valence-electron chi connectivity index (χ4n) is 1.28. The van der Waals surface area contributed by atoms with Gasteiger partial charge in [0, 0.05) is 25.8 Å². The normalized spacial score (nSPS) is 10.0. The lowest BCUT2D eigenvalue weighted by atomic mass is 10.2. The van der Waals surface area contributed by atoms with Crippen molar-refractivity contribution in [2.24, 2.45) is 0 Å². The van der Waals surface area contributed by atoms with E-state index in [1.54, 1.807) is 0 Å². The lowest BCUT2D eigenvalue weighted by Gasteiger charge is -1.97. The molecule has 1 rings (SSSR count). The van der Waals surface area contributed by atoms with Gasteiger partial charge in [-0.15, -0.1) is 12.3 Å². The van der Waals surface area contributed by atoms with Crippen LogP contribution in [-0.2, 0) is 13.0 Å². The zero-order chi connectivity index (χ0) is 10.2. The quantitative estimate of drug-likeness (QED) is 0.543. The third-order valence-electron chi connectivity index (χ3n) is 2.02. The Balaban J connectivity index is 2.32. The van der Waals surface area contributed by atoms with E-state index >= 15 is 0 Å². The molecule has 1 aromatic rings. The van der Waals surface area contributed by atoms with E-state index in [-0.39, 0.29) is 6.61 Å². The second-order valence-corrected chi connectivity index (χ2v) is 3.25. The summed E-state index contributed by atoms with van der Waals surface area (Å²) in [5.41, 5.74) is 1.18. The molecule has 3 nitrogen and oxygen atoms in total. The van der Waals surface area contributed by atoms with Gasteiger partial charge in [0.15, 0.2) is 0 Å². The van der Waals surface area contributed by atoms with Crippen LogP contribution < -0.4 is 0 Å². The summed E-state index contributed by atoms with van der Waals surface area (Å²) in [6, 6.07) is 0. The summed E-state index contributed by atoms with van der Waals surface area (Å²) in [6.45, 7) is 1.12. The minimum Gasteiger partial charge on any atom is -0.396 e.